The topological polar surface area (TPSA) is 48.0 Å². The van der Waals surface area contributed by atoms with Gasteiger partial charge in [-0.05, 0) is 37.6 Å². The molecule has 3 rings (SSSR count). The van der Waals surface area contributed by atoms with E-state index >= 15 is 0 Å². The number of hydrogen-bond donors (Lipinski definition) is 1. The number of carbonyl (C=O) groups is 1. The fraction of sp³-hybridized carbons (Fsp3) is 0.167. The second-order valence-electron chi connectivity index (χ2n) is 5.59. The molecule has 0 bridgehead atoms. The molecule has 1 aromatic heterocycles. The fourth-order valence-electron chi connectivity index (χ4n) is 2.69. The minimum absolute atomic E-state index is 0.0225. The first-order valence-corrected chi connectivity index (χ1v) is 6.94. The van der Waals surface area contributed by atoms with Crippen LogP contribution in [-0.4, -0.2) is 10.4 Å². The second kappa shape index (κ2) is 4.77. The highest BCUT2D eigenvalue weighted by Gasteiger charge is 2.18. The molecule has 0 saturated heterocycles. The van der Waals surface area contributed by atoms with Crippen LogP contribution in [0.2, 0.25) is 0 Å². The van der Waals surface area contributed by atoms with Crippen molar-refractivity contribution < 1.29 is 4.79 Å². The molecule has 0 aliphatic carbocycles. The molecule has 0 aliphatic heterocycles. The number of ketones is 1. The fourth-order valence-corrected chi connectivity index (χ4v) is 2.69. The Morgan fingerprint density at radius 1 is 1.00 bits per heavy atom. The molecular weight excluding hydrogens is 260 g/mol. The number of carbonyl (C=O) groups excluding carboxylic acids is 1. The monoisotopic (exact) mass is 278 g/mol. The quantitative estimate of drug-likeness (QED) is 0.575. The van der Waals surface area contributed by atoms with Gasteiger partial charge in [-0.2, -0.15) is 0 Å². The van der Waals surface area contributed by atoms with Gasteiger partial charge in [-0.1, -0.05) is 23.8 Å². The lowest BCUT2D eigenvalue weighted by molar-refractivity contribution is 0.104. The Balaban J connectivity index is 2.21. The summed E-state index contributed by atoms with van der Waals surface area (Å²) >= 11 is 0. The summed E-state index contributed by atoms with van der Waals surface area (Å²) in [5.41, 5.74) is 11.0. The molecule has 0 fully saturated rings. The van der Waals surface area contributed by atoms with Crippen LogP contribution < -0.4 is 5.73 Å². The lowest BCUT2D eigenvalue weighted by Crippen LogP contribution is -2.05. The molecule has 21 heavy (non-hydrogen) atoms. The van der Waals surface area contributed by atoms with Crippen LogP contribution in [0.25, 0.3) is 10.9 Å². The first kappa shape index (κ1) is 13.4. The van der Waals surface area contributed by atoms with Crippen molar-refractivity contribution in [2.45, 2.75) is 13.8 Å². The largest absolute Gasteiger partial charge is 0.398 e. The van der Waals surface area contributed by atoms with Crippen LogP contribution in [0.15, 0.2) is 42.6 Å². The number of aromatic nitrogens is 1. The van der Waals surface area contributed by atoms with Gasteiger partial charge in [0.2, 0.25) is 0 Å². The number of anilines is 1. The summed E-state index contributed by atoms with van der Waals surface area (Å²) in [4.78, 5) is 12.8. The van der Waals surface area contributed by atoms with Crippen molar-refractivity contribution in [3.63, 3.8) is 0 Å². The van der Waals surface area contributed by atoms with Gasteiger partial charge in [-0.15, -0.1) is 0 Å². The molecule has 0 unspecified atom stereocenters. The van der Waals surface area contributed by atoms with E-state index in [1.165, 1.54) is 5.56 Å². The molecule has 2 N–H and O–H groups in total. The average Bonchev–Trinajstić information content (AvgIpc) is 2.78. The Bertz CT molecular complexity index is 859. The minimum atomic E-state index is -0.0225. The average molecular weight is 278 g/mol. The molecule has 0 atom stereocenters. The Morgan fingerprint density at radius 3 is 2.43 bits per heavy atom. The zero-order valence-corrected chi connectivity index (χ0v) is 12.5. The van der Waals surface area contributed by atoms with E-state index in [2.05, 4.69) is 6.07 Å². The van der Waals surface area contributed by atoms with Crippen LogP contribution in [0, 0.1) is 13.8 Å². The van der Waals surface area contributed by atoms with Crippen molar-refractivity contribution in [1.82, 2.24) is 4.57 Å². The molecular formula is C18H18N2O. The molecule has 0 saturated carbocycles. The Kier molecular flexibility index (Phi) is 3.05. The zero-order chi connectivity index (χ0) is 15.1. The summed E-state index contributed by atoms with van der Waals surface area (Å²) in [6, 6.07) is 11.7. The number of benzene rings is 2. The predicted molar refractivity (Wildman–Crippen MR) is 86.7 cm³/mol. The van der Waals surface area contributed by atoms with Crippen LogP contribution in [0.1, 0.15) is 27.0 Å². The molecule has 0 radical (unpaired) electrons. The van der Waals surface area contributed by atoms with E-state index in [-0.39, 0.29) is 5.78 Å². The first-order valence-electron chi connectivity index (χ1n) is 6.94. The highest BCUT2D eigenvalue weighted by Crippen LogP contribution is 2.26. The van der Waals surface area contributed by atoms with E-state index in [4.69, 9.17) is 5.73 Å². The Hall–Kier alpha value is -2.55. The van der Waals surface area contributed by atoms with Gasteiger partial charge < -0.3 is 10.3 Å². The molecule has 0 spiro atoms. The minimum Gasteiger partial charge on any atom is -0.398 e. The summed E-state index contributed by atoms with van der Waals surface area (Å²) in [5, 5.41) is 0.967. The number of rotatable bonds is 2. The van der Waals surface area contributed by atoms with E-state index in [9.17, 15) is 4.79 Å². The second-order valence-corrected chi connectivity index (χ2v) is 5.59. The third-order valence-corrected chi connectivity index (χ3v) is 3.84. The molecule has 3 heteroatoms. The lowest BCUT2D eigenvalue weighted by Gasteiger charge is -2.05. The van der Waals surface area contributed by atoms with Crippen LogP contribution in [0.3, 0.4) is 0 Å². The predicted octanol–water partition coefficient (Wildman–Crippen LogP) is 3.61. The van der Waals surface area contributed by atoms with Crippen molar-refractivity contribution in [3.05, 3.63) is 64.8 Å². The van der Waals surface area contributed by atoms with Crippen LogP contribution in [-0.2, 0) is 7.05 Å². The molecule has 106 valence electrons. The third-order valence-electron chi connectivity index (χ3n) is 3.84. The normalized spacial score (nSPS) is 11.0. The van der Waals surface area contributed by atoms with E-state index in [1.807, 2.05) is 55.9 Å². The molecule has 0 aliphatic rings. The summed E-state index contributed by atoms with van der Waals surface area (Å²) in [5.74, 6) is -0.0225. The number of fused-ring (bicyclic) bond motifs is 1. The Labute approximate surface area is 124 Å². The third kappa shape index (κ3) is 2.21. The van der Waals surface area contributed by atoms with Gasteiger partial charge in [0.15, 0.2) is 5.78 Å². The van der Waals surface area contributed by atoms with Gasteiger partial charge >= 0.3 is 0 Å². The number of nitrogens with two attached hydrogens (primary N) is 1. The van der Waals surface area contributed by atoms with Gasteiger partial charge in [0.05, 0.1) is 0 Å². The number of hydrogen-bond acceptors (Lipinski definition) is 2. The van der Waals surface area contributed by atoms with E-state index in [1.54, 1.807) is 6.07 Å². The van der Waals surface area contributed by atoms with Gasteiger partial charge in [0, 0.05) is 41.0 Å². The maximum Gasteiger partial charge on any atom is 0.197 e. The van der Waals surface area contributed by atoms with Crippen molar-refractivity contribution in [3.8, 4) is 0 Å². The van der Waals surface area contributed by atoms with Crippen LogP contribution >= 0.6 is 0 Å². The molecule has 3 aromatic rings. The zero-order valence-electron chi connectivity index (χ0n) is 12.5. The SMILES string of the molecule is Cc1ccc(N)c(C(=O)c2cn(C)c3cc(C)ccc23)c1. The molecule has 0 amide bonds. The van der Waals surface area contributed by atoms with Gasteiger partial charge in [0.1, 0.15) is 0 Å². The smallest absolute Gasteiger partial charge is 0.197 e. The highest BCUT2D eigenvalue weighted by atomic mass is 16.1. The summed E-state index contributed by atoms with van der Waals surface area (Å²) in [7, 11) is 1.96. The standard InChI is InChI=1S/C18H18N2O/c1-11-5-7-16(19)14(8-11)18(21)15-10-20(3)17-9-12(2)4-6-13(15)17/h4-10H,19H2,1-3H3. The van der Waals surface area contributed by atoms with Crippen molar-refractivity contribution >= 4 is 22.4 Å². The molecule has 3 nitrogen and oxygen atoms in total. The molecule has 2 aromatic carbocycles. The van der Waals surface area contributed by atoms with Gasteiger partial charge in [-0.3, -0.25) is 4.79 Å². The van der Waals surface area contributed by atoms with E-state index < -0.39 is 0 Å². The van der Waals surface area contributed by atoms with Crippen LogP contribution in [0.5, 0.6) is 0 Å². The van der Waals surface area contributed by atoms with Gasteiger partial charge in [0.25, 0.3) is 0 Å². The van der Waals surface area contributed by atoms with E-state index in [0.717, 1.165) is 16.5 Å². The number of aryl methyl sites for hydroxylation is 3. The first-order chi connectivity index (χ1) is 9.97. The van der Waals surface area contributed by atoms with E-state index in [0.29, 0.717) is 16.8 Å². The summed E-state index contributed by atoms with van der Waals surface area (Å²) in [6.07, 6.45) is 1.88. The van der Waals surface area contributed by atoms with Gasteiger partial charge in [-0.25, -0.2) is 0 Å². The number of nitrogens with zero attached hydrogens (tertiary/aromatic N) is 1. The van der Waals surface area contributed by atoms with Crippen molar-refractivity contribution in [2.24, 2.45) is 7.05 Å². The maximum absolute atomic E-state index is 12.8. The summed E-state index contributed by atoms with van der Waals surface area (Å²) in [6.45, 7) is 4.01. The highest BCUT2D eigenvalue weighted by molar-refractivity contribution is 6.18. The lowest BCUT2D eigenvalue weighted by atomic mass is 9.99. The maximum atomic E-state index is 12.8. The van der Waals surface area contributed by atoms with Crippen molar-refractivity contribution in [1.29, 1.82) is 0 Å². The summed E-state index contributed by atoms with van der Waals surface area (Å²) < 4.78 is 1.99. The number of nitrogen functional groups attached to an aromatic ring is 1. The van der Waals surface area contributed by atoms with Crippen molar-refractivity contribution in [2.75, 3.05) is 5.73 Å². The van der Waals surface area contributed by atoms with Crippen LogP contribution in [0.4, 0.5) is 5.69 Å². The Morgan fingerprint density at radius 2 is 1.67 bits per heavy atom. The molecule has 1 heterocycles.